The SMILES string of the molecule is CC(C)c1cccc(C(O)(C(=O)N2CCC(CC3CCN(c4ccc(C(=O)N(C)C)cc4)CC3)CC2)C(F)(F)F)c1. The van der Waals surface area contributed by atoms with Crippen LogP contribution < -0.4 is 4.90 Å². The number of carbonyl (C=O) groups excluding carboxylic acids is 2. The zero-order valence-electron chi connectivity index (χ0n) is 24.5. The number of hydrogen-bond acceptors (Lipinski definition) is 4. The van der Waals surface area contributed by atoms with E-state index < -0.39 is 23.2 Å². The smallest absolute Gasteiger partial charge is 0.372 e. The van der Waals surface area contributed by atoms with Gasteiger partial charge in [-0.15, -0.1) is 0 Å². The van der Waals surface area contributed by atoms with Crippen LogP contribution in [0.2, 0.25) is 0 Å². The van der Waals surface area contributed by atoms with Gasteiger partial charge in [-0.25, -0.2) is 0 Å². The summed E-state index contributed by atoms with van der Waals surface area (Å²) in [6.07, 6.45) is -0.825. The van der Waals surface area contributed by atoms with Crippen molar-refractivity contribution in [2.75, 3.05) is 45.2 Å². The molecule has 2 aromatic rings. The summed E-state index contributed by atoms with van der Waals surface area (Å²) >= 11 is 0. The molecule has 2 aliphatic rings. The molecule has 6 nitrogen and oxygen atoms in total. The van der Waals surface area contributed by atoms with Crippen LogP contribution in [0.4, 0.5) is 18.9 Å². The van der Waals surface area contributed by atoms with Crippen molar-refractivity contribution in [3.63, 3.8) is 0 Å². The molecule has 1 atom stereocenters. The number of alkyl halides is 3. The first-order valence-electron chi connectivity index (χ1n) is 14.6. The number of carbonyl (C=O) groups is 2. The second kappa shape index (κ2) is 12.4. The Morgan fingerprint density at radius 2 is 1.49 bits per heavy atom. The van der Waals surface area contributed by atoms with E-state index in [4.69, 9.17) is 0 Å². The van der Waals surface area contributed by atoms with Gasteiger partial charge in [0.05, 0.1) is 0 Å². The van der Waals surface area contributed by atoms with Crippen LogP contribution in [-0.4, -0.2) is 73.2 Å². The van der Waals surface area contributed by atoms with Gasteiger partial charge in [0.15, 0.2) is 0 Å². The highest BCUT2D eigenvalue weighted by atomic mass is 19.4. The molecule has 0 aliphatic carbocycles. The second-order valence-electron chi connectivity index (χ2n) is 12.1. The van der Waals surface area contributed by atoms with Gasteiger partial charge in [-0.1, -0.05) is 38.1 Å². The molecule has 0 radical (unpaired) electrons. The summed E-state index contributed by atoms with van der Waals surface area (Å²) in [5.41, 5.74) is -1.58. The quantitative estimate of drug-likeness (QED) is 0.454. The minimum absolute atomic E-state index is 0.0218. The summed E-state index contributed by atoms with van der Waals surface area (Å²) in [5, 5.41) is 10.9. The zero-order chi connectivity index (χ0) is 29.9. The fourth-order valence-electron chi connectivity index (χ4n) is 6.10. The van der Waals surface area contributed by atoms with Crippen LogP contribution in [0, 0.1) is 11.8 Å². The molecule has 1 unspecified atom stereocenters. The van der Waals surface area contributed by atoms with Crippen molar-refractivity contribution >= 4 is 17.5 Å². The third-order valence-corrected chi connectivity index (χ3v) is 8.76. The summed E-state index contributed by atoms with van der Waals surface area (Å²) in [6, 6.07) is 13.4. The highest BCUT2D eigenvalue weighted by Gasteiger charge is 2.62. The molecule has 0 spiro atoms. The van der Waals surface area contributed by atoms with Crippen molar-refractivity contribution in [2.24, 2.45) is 11.8 Å². The molecule has 9 heteroatoms. The van der Waals surface area contributed by atoms with Crippen molar-refractivity contribution in [3.05, 3.63) is 65.2 Å². The van der Waals surface area contributed by atoms with Crippen LogP contribution in [0.25, 0.3) is 0 Å². The molecule has 2 fully saturated rings. The average Bonchev–Trinajstić information content (AvgIpc) is 2.96. The minimum Gasteiger partial charge on any atom is -0.372 e. The molecule has 41 heavy (non-hydrogen) atoms. The molecular formula is C32H42F3N3O3. The first-order chi connectivity index (χ1) is 19.3. The van der Waals surface area contributed by atoms with Gasteiger partial charge in [0.2, 0.25) is 0 Å². The monoisotopic (exact) mass is 573 g/mol. The Bertz CT molecular complexity index is 1200. The molecule has 0 saturated carbocycles. The molecule has 2 heterocycles. The van der Waals surface area contributed by atoms with Crippen LogP contribution in [0.5, 0.6) is 0 Å². The van der Waals surface area contributed by atoms with Gasteiger partial charge in [0.25, 0.3) is 17.4 Å². The fourth-order valence-corrected chi connectivity index (χ4v) is 6.10. The molecule has 2 aliphatic heterocycles. The van der Waals surface area contributed by atoms with Crippen molar-refractivity contribution in [3.8, 4) is 0 Å². The number of likely N-dealkylation sites (tertiary alicyclic amines) is 1. The van der Waals surface area contributed by atoms with Gasteiger partial charge in [-0.05, 0) is 79.7 Å². The number of halogens is 3. The largest absolute Gasteiger partial charge is 0.430 e. The second-order valence-corrected chi connectivity index (χ2v) is 12.1. The molecule has 2 saturated heterocycles. The van der Waals surface area contributed by atoms with E-state index in [0.717, 1.165) is 38.0 Å². The summed E-state index contributed by atoms with van der Waals surface area (Å²) in [4.78, 5) is 30.5. The highest BCUT2D eigenvalue weighted by molar-refractivity contribution is 5.94. The van der Waals surface area contributed by atoms with Gasteiger partial charge < -0.3 is 19.8 Å². The molecule has 224 valence electrons. The lowest BCUT2D eigenvalue weighted by atomic mass is 9.82. The predicted octanol–water partition coefficient (Wildman–Crippen LogP) is 5.81. The maximum Gasteiger partial charge on any atom is 0.430 e. The first-order valence-corrected chi connectivity index (χ1v) is 14.6. The average molecular weight is 574 g/mol. The van der Waals surface area contributed by atoms with Crippen molar-refractivity contribution in [2.45, 2.75) is 63.6 Å². The van der Waals surface area contributed by atoms with E-state index in [1.54, 1.807) is 25.1 Å². The van der Waals surface area contributed by atoms with Gasteiger partial charge in [-0.2, -0.15) is 13.2 Å². The maximum atomic E-state index is 14.2. The van der Waals surface area contributed by atoms with Crippen LogP contribution in [0.1, 0.15) is 73.4 Å². The zero-order valence-corrected chi connectivity index (χ0v) is 24.5. The lowest BCUT2D eigenvalue weighted by Crippen LogP contribution is -2.57. The van der Waals surface area contributed by atoms with Crippen LogP contribution in [0.15, 0.2) is 48.5 Å². The Kier molecular flexibility index (Phi) is 9.36. The van der Waals surface area contributed by atoms with Gasteiger partial charge in [-0.3, -0.25) is 9.59 Å². The van der Waals surface area contributed by atoms with Crippen molar-refractivity contribution < 1.29 is 27.9 Å². The molecule has 2 aromatic carbocycles. The number of anilines is 1. The number of benzene rings is 2. The Hall–Kier alpha value is -3.07. The van der Waals surface area contributed by atoms with Crippen LogP contribution >= 0.6 is 0 Å². The number of piperidine rings is 2. The fraction of sp³-hybridized carbons (Fsp3) is 0.562. The normalized spacial score (nSPS) is 18.9. The molecular weight excluding hydrogens is 531 g/mol. The molecule has 2 amide bonds. The van der Waals surface area contributed by atoms with E-state index in [1.807, 2.05) is 38.1 Å². The van der Waals surface area contributed by atoms with Crippen LogP contribution in [-0.2, 0) is 10.4 Å². The van der Waals surface area contributed by atoms with Crippen molar-refractivity contribution in [1.29, 1.82) is 0 Å². The third-order valence-electron chi connectivity index (χ3n) is 8.76. The predicted molar refractivity (Wildman–Crippen MR) is 154 cm³/mol. The van der Waals surface area contributed by atoms with E-state index in [2.05, 4.69) is 4.90 Å². The van der Waals surface area contributed by atoms with Gasteiger partial charge in [0, 0.05) is 57.1 Å². The molecule has 0 aromatic heterocycles. The van der Waals surface area contributed by atoms with E-state index in [0.29, 0.717) is 35.8 Å². The summed E-state index contributed by atoms with van der Waals surface area (Å²) in [5.74, 6) is -0.471. The Labute approximate surface area is 241 Å². The van der Waals surface area contributed by atoms with E-state index >= 15 is 0 Å². The van der Waals surface area contributed by atoms with Crippen LogP contribution in [0.3, 0.4) is 0 Å². The number of amides is 2. The lowest BCUT2D eigenvalue weighted by molar-refractivity contribution is -0.262. The molecule has 4 rings (SSSR count). The van der Waals surface area contributed by atoms with E-state index in [-0.39, 0.29) is 24.9 Å². The van der Waals surface area contributed by atoms with E-state index in [9.17, 15) is 27.9 Å². The van der Waals surface area contributed by atoms with Gasteiger partial charge in [0.1, 0.15) is 0 Å². The molecule has 0 bridgehead atoms. The Morgan fingerprint density at radius 3 is 2.00 bits per heavy atom. The summed E-state index contributed by atoms with van der Waals surface area (Å²) in [7, 11) is 3.47. The highest BCUT2D eigenvalue weighted by Crippen LogP contribution is 2.42. The summed E-state index contributed by atoms with van der Waals surface area (Å²) in [6.45, 7) is 5.96. The Balaban J connectivity index is 1.31. The third kappa shape index (κ3) is 6.71. The van der Waals surface area contributed by atoms with Gasteiger partial charge >= 0.3 is 6.18 Å². The number of rotatable bonds is 7. The molecule has 1 N–H and O–H groups in total. The van der Waals surface area contributed by atoms with Crippen molar-refractivity contribution in [1.82, 2.24) is 9.80 Å². The van der Waals surface area contributed by atoms with E-state index in [1.165, 1.54) is 23.1 Å². The topological polar surface area (TPSA) is 64.1 Å². The maximum absolute atomic E-state index is 14.2. The number of aliphatic hydroxyl groups is 1. The standard InChI is InChI=1S/C32H42F3N3O3/c1-22(2)26-6-5-7-27(21-26)31(41,32(33,34)35)30(40)38-18-14-24(15-19-38)20-23-12-16-37(17-13-23)28-10-8-25(9-11-28)29(39)36(3)4/h5-11,21-24,41H,12-20H2,1-4H3. The minimum atomic E-state index is -5.13. The number of nitrogens with zero attached hydrogens (tertiary/aromatic N) is 3. The number of hydrogen-bond donors (Lipinski definition) is 1. The Morgan fingerprint density at radius 1 is 0.927 bits per heavy atom. The lowest BCUT2D eigenvalue weighted by Gasteiger charge is -2.40. The first kappa shape index (κ1) is 30.9. The summed E-state index contributed by atoms with van der Waals surface area (Å²) < 4.78 is 42.7.